The average Bonchev–Trinajstić information content (AvgIpc) is 2.48. The third-order valence-corrected chi connectivity index (χ3v) is 4.02. The summed E-state index contributed by atoms with van der Waals surface area (Å²) < 4.78 is 5.43. The topological polar surface area (TPSA) is 35.2 Å². The van der Waals surface area contributed by atoms with Gasteiger partial charge in [-0.1, -0.05) is 48.9 Å². The van der Waals surface area contributed by atoms with Crippen molar-refractivity contribution in [2.24, 2.45) is 5.73 Å². The number of rotatable bonds is 5. The second-order valence-corrected chi connectivity index (χ2v) is 5.70. The van der Waals surface area contributed by atoms with Gasteiger partial charge in [-0.3, -0.25) is 0 Å². The average molecular weight is 290 g/mol. The molecule has 3 heteroatoms. The standard InChI is InChI=1S/C17H20ClNO/c1-17(12-19,14-7-9-15(18)10-8-14)11-13-5-3-4-6-16(13)20-2/h3-10H,11-12,19H2,1-2H3. The number of benzene rings is 2. The van der Waals surface area contributed by atoms with Crippen LogP contribution < -0.4 is 10.5 Å². The minimum absolute atomic E-state index is 0.140. The molecule has 0 aliphatic rings. The van der Waals surface area contributed by atoms with Crippen LogP contribution in [0.4, 0.5) is 0 Å². The molecule has 1 atom stereocenters. The van der Waals surface area contributed by atoms with Gasteiger partial charge in [0.2, 0.25) is 0 Å². The van der Waals surface area contributed by atoms with Crippen LogP contribution >= 0.6 is 11.6 Å². The van der Waals surface area contributed by atoms with Crippen LogP contribution in [0.15, 0.2) is 48.5 Å². The maximum Gasteiger partial charge on any atom is 0.122 e. The zero-order valence-corrected chi connectivity index (χ0v) is 12.7. The Kier molecular flexibility index (Phi) is 4.69. The molecule has 0 aromatic heterocycles. The predicted octanol–water partition coefficient (Wildman–Crippen LogP) is 3.81. The van der Waals surface area contributed by atoms with Gasteiger partial charge in [-0.05, 0) is 35.7 Å². The molecule has 0 radical (unpaired) electrons. The van der Waals surface area contributed by atoms with Crippen molar-refractivity contribution in [3.05, 3.63) is 64.7 Å². The summed E-state index contributed by atoms with van der Waals surface area (Å²) in [5, 5.41) is 0.741. The maximum absolute atomic E-state index is 6.04. The van der Waals surface area contributed by atoms with Crippen molar-refractivity contribution < 1.29 is 4.74 Å². The highest BCUT2D eigenvalue weighted by Gasteiger charge is 2.26. The van der Waals surface area contributed by atoms with Crippen molar-refractivity contribution in [1.82, 2.24) is 0 Å². The van der Waals surface area contributed by atoms with Crippen molar-refractivity contribution in [3.63, 3.8) is 0 Å². The van der Waals surface area contributed by atoms with E-state index in [1.54, 1.807) is 7.11 Å². The summed E-state index contributed by atoms with van der Waals surface area (Å²) in [5.41, 5.74) is 8.26. The summed E-state index contributed by atoms with van der Waals surface area (Å²) in [5.74, 6) is 0.904. The van der Waals surface area contributed by atoms with E-state index in [1.165, 1.54) is 5.56 Å². The molecule has 0 amide bonds. The third-order valence-electron chi connectivity index (χ3n) is 3.76. The highest BCUT2D eigenvalue weighted by molar-refractivity contribution is 6.30. The van der Waals surface area contributed by atoms with Gasteiger partial charge < -0.3 is 10.5 Å². The number of nitrogens with two attached hydrogens (primary N) is 1. The number of hydrogen-bond donors (Lipinski definition) is 1. The van der Waals surface area contributed by atoms with E-state index < -0.39 is 0 Å². The minimum Gasteiger partial charge on any atom is -0.496 e. The molecule has 0 aliphatic carbocycles. The Morgan fingerprint density at radius 2 is 1.75 bits per heavy atom. The summed E-state index contributed by atoms with van der Waals surface area (Å²) in [4.78, 5) is 0. The van der Waals surface area contributed by atoms with Crippen LogP contribution in [0, 0.1) is 0 Å². The second-order valence-electron chi connectivity index (χ2n) is 5.26. The van der Waals surface area contributed by atoms with Crippen LogP contribution in [0.1, 0.15) is 18.1 Å². The molecule has 106 valence electrons. The van der Waals surface area contributed by atoms with Crippen molar-refractivity contribution in [1.29, 1.82) is 0 Å². The molecule has 20 heavy (non-hydrogen) atoms. The molecule has 0 saturated heterocycles. The van der Waals surface area contributed by atoms with Gasteiger partial charge in [-0.15, -0.1) is 0 Å². The number of ether oxygens (including phenoxy) is 1. The van der Waals surface area contributed by atoms with Crippen LogP contribution in [0.3, 0.4) is 0 Å². The molecule has 0 heterocycles. The van der Waals surface area contributed by atoms with Gasteiger partial charge in [-0.2, -0.15) is 0 Å². The third kappa shape index (κ3) is 3.14. The number of methoxy groups -OCH3 is 1. The SMILES string of the molecule is COc1ccccc1CC(C)(CN)c1ccc(Cl)cc1. The second kappa shape index (κ2) is 6.29. The van der Waals surface area contributed by atoms with E-state index >= 15 is 0 Å². The van der Waals surface area contributed by atoms with E-state index in [0.29, 0.717) is 6.54 Å². The molecule has 2 aromatic carbocycles. The highest BCUT2D eigenvalue weighted by Crippen LogP contribution is 2.31. The Bertz CT molecular complexity index is 567. The van der Waals surface area contributed by atoms with Crippen molar-refractivity contribution in [2.75, 3.05) is 13.7 Å². The van der Waals surface area contributed by atoms with Gasteiger partial charge >= 0.3 is 0 Å². The summed E-state index contributed by atoms with van der Waals surface area (Å²) in [6.07, 6.45) is 0.829. The van der Waals surface area contributed by atoms with E-state index in [1.807, 2.05) is 42.5 Å². The zero-order chi connectivity index (χ0) is 14.6. The molecule has 0 saturated carbocycles. The van der Waals surface area contributed by atoms with Crippen LogP contribution in [0.2, 0.25) is 5.02 Å². The number of hydrogen-bond acceptors (Lipinski definition) is 2. The Morgan fingerprint density at radius 3 is 2.35 bits per heavy atom. The van der Waals surface area contributed by atoms with E-state index in [9.17, 15) is 0 Å². The van der Waals surface area contributed by atoms with E-state index in [4.69, 9.17) is 22.1 Å². The molecule has 2 rings (SSSR count). The first-order valence-corrected chi connectivity index (χ1v) is 7.05. The van der Waals surface area contributed by atoms with Crippen molar-refractivity contribution in [3.8, 4) is 5.75 Å². The smallest absolute Gasteiger partial charge is 0.122 e. The van der Waals surface area contributed by atoms with Crippen LogP contribution in [-0.4, -0.2) is 13.7 Å². The Balaban J connectivity index is 2.34. The fourth-order valence-corrected chi connectivity index (χ4v) is 2.54. The highest BCUT2D eigenvalue weighted by atomic mass is 35.5. The molecular formula is C17H20ClNO. The molecular weight excluding hydrogens is 270 g/mol. The van der Waals surface area contributed by atoms with Gasteiger partial charge in [0, 0.05) is 17.0 Å². The van der Waals surface area contributed by atoms with Gasteiger partial charge in [0.1, 0.15) is 5.75 Å². The molecule has 1 unspecified atom stereocenters. The molecule has 2 N–H and O–H groups in total. The lowest BCUT2D eigenvalue weighted by Crippen LogP contribution is -2.34. The lowest BCUT2D eigenvalue weighted by molar-refractivity contribution is 0.399. The first-order chi connectivity index (χ1) is 9.59. The van der Waals surface area contributed by atoms with Crippen LogP contribution in [0.25, 0.3) is 0 Å². The normalized spacial score (nSPS) is 13.8. The van der Waals surface area contributed by atoms with Gasteiger partial charge in [0.25, 0.3) is 0 Å². The van der Waals surface area contributed by atoms with E-state index in [2.05, 4.69) is 13.0 Å². The van der Waals surface area contributed by atoms with Gasteiger partial charge in [-0.25, -0.2) is 0 Å². The summed E-state index contributed by atoms with van der Waals surface area (Å²) in [6.45, 7) is 2.73. The fraction of sp³-hybridized carbons (Fsp3) is 0.294. The Morgan fingerprint density at radius 1 is 1.10 bits per heavy atom. The number of para-hydroxylation sites is 1. The van der Waals surface area contributed by atoms with Crippen molar-refractivity contribution >= 4 is 11.6 Å². The monoisotopic (exact) mass is 289 g/mol. The molecule has 2 nitrogen and oxygen atoms in total. The maximum atomic E-state index is 6.04. The molecule has 0 fully saturated rings. The van der Waals surface area contributed by atoms with Crippen LogP contribution in [-0.2, 0) is 11.8 Å². The largest absolute Gasteiger partial charge is 0.496 e. The van der Waals surface area contributed by atoms with Crippen LogP contribution in [0.5, 0.6) is 5.75 Å². The quantitative estimate of drug-likeness (QED) is 0.908. The summed E-state index contributed by atoms with van der Waals surface area (Å²) in [6, 6.07) is 16.0. The Labute approximate surface area is 125 Å². The minimum atomic E-state index is -0.140. The molecule has 2 aromatic rings. The van der Waals surface area contributed by atoms with Gasteiger partial charge in [0.05, 0.1) is 7.11 Å². The van der Waals surface area contributed by atoms with Gasteiger partial charge in [0.15, 0.2) is 0 Å². The zero-order valence-electron chi connectivity index (χ0n) is 11.9. The lowest BCUT2D eigenvalue weighted by Gasteiger charge is -2.29. The van der Waals surface area contributed by atoms with Crippen molar-refractivity contribution in [2.45, 2.75) is 18.8 Å². The first-order valence-electron chi connectivity index (χ1n) is 6.67. The first kappa shape index (κ1) is 14.9. The number of halogens is 1. The van der Waals surface area contributed by atoms with E-state index in [-0.39, 0.29) is 5.41 Å². The Hall–Kier alpha value is -1.51. The summed E-state index contributed by atoms with van der Waals surface area (Å²) in [7, 11) is 1.70. The van der Waals surface area contributed by atoms with E-state index in [0.717, 1.165) is 22.8 Å². The lowest BCUT2D eigenvalue weighted by atomic mass is 9.77. The molecule has 0 spiro atoms. The summed E-state index contributed by atoms with van der Waals surface area (Å²) >= 11 is 5.96. The molecule has 0 aliphatic heterocycles. The fourth-order valence-electron chi connectivity index (χ4n) is 2.41. The molecule has 0 bridgehead atoms. The predicted molar refractivity (Wildman–Crippen MR) is 84.6 cm³/mol.